The summed E-state index contributed by atoms with van der Waals surface area (Å²) in [5.41, 5.74) is 4.14. The van der Waals surface area contributed by atoms with E-state index in [1.165, 1.54) is 16.7 Å². The van der Waals surface area contributed by atoms with Crippen LogP contribution in [0.3, 0.4) is 0 Å². The minimum atomic E-state index is 0.619. The van der Waals surface area contributed by atoms with Crippen LogP contribution in [0.15, 0.2) is 18.2 Å². The third-order valence-corrected chi connectivity index (χ3v) is 2.91. The van der Waals surface area contributed by atoms with Crippen molar-refractivity contribution < 1.29 is 4.74 Å². The van der Waals surface area contributed by atoms with Crippen LogP contribution in [0.1, 0.15) is 30.5 Å². The van der Waals surface area contributed by atoms with Crippen LogP contribution >= 0.6 is 0 Å². The van der Waals surface area contributed by atoms with E-state index >= 15 is 0 Å². The van der Waals surface area contributed by atoms with Crippen molar-refractivity contribution in [2.45, 2.75) is 34.2 Å². The smallest absolute Gasteiger partial charge is 0.0591 e. The van der Waals surface area contributed by atoms with Gasteiger partial charge in [-0.2, -0.15) is 0 Å². The van der Waals surface area contributed by atoms with Crippen LogP contribution in [-0.4, -0.2) is 19.8 Å². The van der Waals surface area contributed by atoms with Crippen LogP contribution in [0.25, 0.3) is 0 Å². The predicted octanol–water partition coefficient (Wildman–Crippen LogP) is 3.07. The molecule has 0 spiro atoms. The van der Waals surface area contributed by atoms with Crippen molar-refractivity contribution in [1.29, 1.82) is 0 Å². The highest BCUT2D eigenvalue weighted by Crippen LogP contribution is 2.11. The minimum absolute atomic E-state index is 0.619. The van der Waals surface area contributed by atoms with E-state index in [2.05, 4.69) is 51.2 Å². The van der Waals surface area contributed by atoms with Crippen molar-refractivity contribution >= 4 is 0 Å². The van der Waals surface area contributed by atoms with Gasteiger partial charge in [-0.1, -0.05) is 32.0 Å². The molecule has 0 saturated heterocycles. The van der Waals surface area contributed by atoms with Crippen molar-refractivity contribution in [3.8, 4) is 0 Å². The van der Waals surface area contributed by atoms with E-state index < -0.39 is 0 Å². The fourth-order valence-corrected chi connectivity index (χ4v) is 1.69. The molecule has 0 aromatic heterocycles. The average Bonchev–Trinajstić information content (AvgIpc) is 2.28. The van der Waals surface area contributed by atoms with Gasteiger partial charge in [-0.3, -0.25) is 0 Å². The molecule has 0 bridgehead atoms. The second kappa shape index (κ2) is 7.46. The zero-order chi connectivity index (χ0) is 12.7. The molecule has 0 aliphatic carbocycles. The molecule has 1 aromatic carbocycles. The van der Waals surface area contributed by atoms with Crippen LogP contribution in [0, 0.1) is 19.8 Å². The molecule has 1 N–H and O–H groups in total. The first-order valence-electron chi connectivity index (χ1n) is 6.44. The second-order valence-electron chi connectivity index (χ2n) is 5.00. The van der Waals surface area contributed by atoms with Crippen LogP contribution in [-0.2, 0) is 11.3 Å². The highest BCUT2D eigenvalue weighted by atomic mass is 16.5. The quantitative estimate of drug-likeness (QED) is 0.733. The lowest BCUT2D eigenvalue weighted by molar-refractivity contribution is 0.111. The third kappa shape index (κ3) is 5.33. The molecular weight excluding hydrogens is 210 g/mol. The molecule has 1 aromatic rings. The summed E-state index contributed by atoms with van der Waals surface area (Å²) in [5, 5.41) is 3.42. The molecule has 0 heterocycles. The Morgan fingerprint density at radius 1 is 1.24 bits per heavy atom. The molecule has 0 atom stereocenters. The molecule has 2 heteroatoms. The van der Waals surface area contributed by atoms with E-state index in [-0.39, 0.29) is 0 Å². The van der Waals surface area contributed by atoms with Crippen LogP contribution < -0.4 is 5.32 Å². The maximum absolute atomic E-state index is 5.52. The normalized spacial score (nSPS) is 11.1. The lowest BCUT2D eigenvalue weighted by atomic mass is 10.0. The first kappa shape index (κ1) is 14.2. The van der Waals surface area contributed by atoms with E-state index in [4.69, 9.17) is 4.74 Å². The Kier molecular flexibility index (Phi) is 6.23. The van der Waals surface area contributed by atoms with Gasteiger partial charge in [0, 0.05) is 19.7 Å². The fourth-order valence-electron chi connectivity index (χ4n) is 1.69. The molecule has 0 amide bonds. The number of ether oxygens (including phenoxy) is 1. The lowest BCUT2D eigenvalue weighted by Crippen LogP contribution is -2.20. The Labute approximate surface area is 105 Å². The summed E-state index contributed by atoms with van der Waals surface area (Å²) in [5.74, 6) is 0.619. The molecule has 0 fully saturated rings. The van der Waals surface area contributed by atoms with Crippen LogP contribution in [0.4, 0.5) is 0 Å². The second-order valence-corrected chi connectivity index (χ2v) is 5.00. The van der Waals surface area contributed by atoms with E-state index in [0.29, 0.717) is 5.92 Å². The van der Waals surface area contributed by atoms with Gasteiger partial charge in [-0.05, 0) is 36.5 Å². The highest BCUT2D eigenvalue weighted by Gasteiger charge is 1.99. The van der Waals surface area contributed by atoms with Gasteiger partial charge < -0.3 is 10.1 Å². The Morgan fingerprint density at radius 2 is 2.00 bits per heavy atom. The Bertz CT molecular complexity index is 334. The standard InChI is InChI=1S/C15H25NO/c1-12(2)11-17-9-8-16-10-15-7-5-6-13(3)14(15)4/h5-7,12,16H,8-11H2,1-4H3. The minimum Gasteiger partial charge on any atom is -0.380 e. The molecule has 2 nitrogen and oxygen atoms in total. The summed E-state index contributed by atoms with van der Waals surface area (Å²) in [6, 6.07) is 6.46. The summed E-state index contributed by atoms with van der Waals surface area (Å²) in [6.07, 6.45) is 0. The number of hydrogen-bond donors (Lipinski definition) is 1. The van der Waals surface area contributed by atoms with E-state index in [1.807, 2.05) is 0 Å². The third-order valence-electron chi connectivity index (χ3n) is 2.91. The zero-order valence-electron chi connectivity index (χ0n) is 11.5. The average molecular weight is 235 g/mol. The van der Waals surface area contributed by atoms with E-state index in [9.17, 15) is 0 Å². The Hall–Kier alpha value is -0.860. The molecule has 0 saturated carbocycles. The molecule has 17 heavy (non-hydrogen) atoms. The Morgan fingerprint density at radius 3 is 2.71 bits per heavy atom. The van der Waals surface area contributed by atoms with Gasteiger partial charge in [0.15, 0.2) is 0 Å². The van der Waals surface area contributed by atoms with Crippen molar-refractivity contribution in [2.24, 2.45) is 5.92 Å². The van der Waals surface area contributed by atoms with Crippen molar-refractivity contribution in [3.63, 3.8) is 0 Å². The fraction of sp³-hybridized carbons (Fsp3) is 0.600. The molecule has 0 aliphatic heterocycles. The SMILES string of the molecule is Cc1cccc(CNCCOCC(C)C)c1C. The van der Waals surface area contributed by atoms with Gasteiger partial charge in [0.25, 0.3) is 0 Å². The monoisotopic (exact) mass is 235 g/mol. The molecule has 1 rings (SSSR count). The van der Waals surface area contributed by atoms with Gasteiger partial charge in [-0.15, -0.1) is 0 Å². The molecule has 96 valence electrons. The predicted molar refractivity (Wildman–Crippen MR) is 73.3 cm³/mol. The van der Waals surface area contributed by atoms with Crippen LogP contribution in [0.5, 0.6) is 0 Å². The van der Waals surface area contributed by atoms with Gasteiger partial charge in [-0.25, -0.2) is 0 Å². The summed E-state index contributed by atoms with van der Waals surface area (Å²) in [6.45, 7) is 12.2. The molecule has 0 aliphatic rings. The van der Waals surface area contributed by atoms with Gasteiger partial charge in [0.05, 0.1) is 6.61 Å². The zero-order valence-corrected chi connectivity index (χ0v) is 11.5. The maximum atomic E-state index is 5.52. The van der Waals surface area contributed by atoms with Gasteiger partial charge >= 0.3 is 0 Å². The maximum Gasteiger partial charge on any atom is 0.0591 e. The summed E-state index contributed by atoms with van der Waals surface area (Å²) in [4.78, 5) is 0. The van der Waals surface area contributed by atoms with E-state index in [0.717, 1.165) is 26.3 Å². The molecule has 0 radical (unpaired) electrons. The van der Waals surface area contributed by atoms with Crippen LogP contribution in [0.2, 0.25) is 0 Å². The topological polar surface area (TPSA) is 21.3 Å². The number of benzene rings is 1. The van der Waals surface area contributed by atoms with Gasteiger partial charge in [0.2, 0.25) is 0 Å². The van der Waals surface area contributed by atoms with E-state index in [1.54, 1.807) is 0 Å². The van der Waals surface area contributed by atoms with Crippen molar-refractivity contribution in [3.05, 3.63) is 34.9 Å². The first-order chi connectivity index (χ1) is 8.11. The highest BCUT2D eigenvalue weighted by molar-refractivity contribution is 5.32. The first-order valence-corrected chi connectivity index (χ1v) is 6.44. The summed E-state index contributed by atoms with van der Waals surface area (Å²) in [7, 11) is 0. The van der Waals surface area contributed by atoms with Crippen molar-refractivity contribution in [2.75, 3.05) is 19.8 Å². The molecular formula is C15H25NO. The summed E-state index contributed by atoms with van der Waals surface area (Å²) < 4.78 is 5.52. The van der Waals surface area contributed by atoms with Crippen molar-refractivity contribution in [1.82, 2.24) is 5.32 Å². The lowest BCUT2D eigenvalue weighted by Gasteiger charge is -2.10. The van der Waals surface area contributed by atoms with Gasteiger partial charge in [0.1, 0.15) is 0 Å². The summed E-state index contributed by atoms with van der Waals surface area (Å²) >= 11 is 0. The number of aryl methyl sites for hydroxylation is 1. The number of hydrogen-bond acceptors (Lipinski definition) is 2. The largest absolute Gasteiger partial charge is 0.380 e. The number of rotatable bonds is 7. The molecule has 0 unspecified atom stereocenters. The Balaban J connectivity index is 2.20. The number of nitrogens with one attached hydrogen (secondary N) is 1.